The van der Waals surface area contributed by atoms with Crippen LogP contribution in [0, 0.1) is 0 Å². The molecule has 0 fully saturated rings. The molecule has 2 rings (SSSR count). The quantitative estimate of drug-likeness (QED) is 0.577. The van der Waals surface area contributed by atoms with Crippen LogP contribution in [0.4, 0.5) is 0 Å². The molecule has 0 radical (unpaired) electrons. The topological polar surface area (TPSA) is 30.2 Å². The summed E-state index contributed by atoms with van der Waals surface area (Å²) >= 11 is 5.23. The van der Waals surface area contributed by atoms with Crippen molar-refractivity contribution >= 4 is 23.5 Å². The molecule has 0 aliphatic carbocycles. The number of nitrogens with zero attached hydrogens (tertiary/aromatic N) is 2. The minimum atomic E-state index is 0.650. The van der Waals surface area contributed by atoms with Crippen LogP contribution in [-0.2, 0) is 19.2 Å². The van der Waals surface area contributed by atoms with E-state index in [1.807, 2.05) is 24.3 Å². The van der Waals surface area contributed by atoms with Gasteiger partial charge in [0.1, 0.15) is 6.54 Å². The molecule has 1 aromatic carbocycles. The lowest BCUT2D eigenvalue weighted by molar-refractivity contribution is -0.873. The van der Waals surface area contributed by atoms with Crippen molar-refractivity contribution in [3.63, 3.8) is 0 Å². The number of aromatic nitrogens is 2. The Morgan fingerprint density at radius 2 is 1.93 bits per heavy atom. The molecule has 1 heterocycles. The van der Waals surface area contributed by atoms with Crippen molar-refractivity contribution in [2.24, 2.45) is 0 Å². The van der Waals surface area contributed by atoms with Crippen molar-refractivity contribution in [3.05, 3.63) is 30.1 Å². The number of fused-ring (bicyclic) bond motifs is 1. The Kier molecular flexibility index (Phi) is 2.79. The number of hydrogen-bond donors (Lipinski definition) is 1. The van der Waals surface area contributed by atoms with Crippen molar-refractivity contribution in [1.29, 1.82) is 0 Å². The highest BCUT2D eigenvalue weighted by Crippen LogP contribution is 2.14. The summed E-state index contributed by atoms with van der Waals surface area (Å²) < 4.78 is 0. The summed E-state index contributed by atoms with van der Waals surface area (Å²) in [5, 5.41) is 1.61. The highest BCUT2D eigenvalue weighted by Gasteiger charge is 2.03. The van der Waals surface area contributed by atoms with E-state index >= 15 is 0 Å². The molecule has 0 unspecified atom stereocenters. The number of hydrogen-bond acceptors (Lipinski definition) is 3. The minimum absolute atomic E-state index is 0.650. The predicted octanol–water partition coefficient (Wildman–Crippen LogP) is 0.180. The highest BCUT2D eigenvalue weighted by molar-refractivity contribution is 7.59. The lowest BCUT2D eigenvalue weighted by atomic mass is 10.2. The summed E-state index contributed by atoms with van der Waals surface area (Å²) in [6.45, 7) is 0.800. The van der Waals surface area contributed by atoms with E-state index in [4.69, 9.17) is 12.6 Å². The maximum atomic E-state index is 5.23. The van der Waals surface area contributed by atoms with Crippen LogP contribution >= 0.6 is 0 Å². The number of para-hydroxylation sites is 1. The summed E-state index contributed by atoms with van der Waals surface area (Å²) in [5.41, 5.74) is 0.939. The fraction of sp³-hybridized carbons (Fsp3) is 0.273. The molecule has 1 aromatic heterocycles. The van der Waals surface area contributed by atoms with Gasteiger partial charge in [0.15, 0.2) is 5.82 Å². The molecular formula is C11H13N3S. The van der Waals surface area contributed by atoms with Crippen molar-refractivity contribution in [2.45, 2.75) is 11.6 Å². The molecule has 0 aliphatic heterocycles. The van der Waals surface area contributed by atoms with Gasteiger partial charge in [0.2, 0.25) is 0 Å². The van der Waals surface area contributed by atoms with E-state index in [0.717, 1.165) is 23.3 Å². The van der Waals surface area contributed by atoms with Gasteiger partial charge >= 0.3 is 0 Å². The van der Waals surface area contributed by atoms with Crippen LogP contribution < -0.4 is 4.90 Å². The van der Waals surface area contributed by atoms with Gasteiger partial charge in [-0.2, -0.15) is 0 Å². The van der Waals surface area contributed by atoms with Gasteiger partial charge in [-0.25, -0.2) is 4.98 Å². The van der Waals surface area contributed by atoms with Gasteiger partial charge in [0.25, 0.3) is 0 Å². The fourth-order valence-electron chi connectivity index (χ4n) is 1.49. The Labute approximate surface area is 94.6 Å². The second-order valence-electron chi connectivity index (χ2n) is 3.85. The van der Waals surface area contributed by atoms with Crippen LogP contribution in [0.25, 0.3) is 10.9 Å². The first kappa shape index (κ1) is 10.3. The van der Waals surface area contributed by atoms with Gasteiger partial charge < -0.3 is 17.5 Å². The molecule has 15 heavy (non-hydrogen) atoms. The maximum Gasteiger partial charge on any atom is 0.182 e. The molecule has 0 amide bonds. The number of benzene rings is 1. The molecule has 78 valence electrons. The summed E-state index contributed by atoms with van der Waals surface area (Å²) in [6.07, 6.45) is 0. The van der Waals surface area contributed by atoms with Crippen LogP contribution in [0.5, 0.6) is 0 Å². The average Bonchev–Trinajstić information content (AvgIpc) is 2.16. The third-order valence-electron chi connectivity index (χ3n) is 2.13. The molecule has 0 saturated heterocycles. The zero-order chi connectivity index (χ0) is 10.8. The van der Waals surface area contributed by atoms with Crippen LogP contribution in [0.3, 0.4) is 0 Å². The Hall–Kier alpha value is -1.26. The average molecular weight is 219 g/mol. The Bertz CT molecular complexity index is 482. The van der Waals surface area contributed by atoms with Crippen LogP contribution in [0.1, 0.15) is 5.82 Å². The summed E-state index contributed by atoms with van der Waals surface area (Å²) in [7, 11) is 4.14. The van der Waals surface area contributed by atoms with E-state index < -0.39 is 0 Å². The van der Waals surface area contributed by atoms with Crippen molar-refractivity contribution in [2.75, 3.05) is 14.1 Å². The normalized spacial score (nSPS) is 11.1. The lowest BCUT2D eigenvalue weighted by Crippen LogP contribution is -3.04. The fourth-order valence-corrected chi connectivity index (χ4v) is 1.77. The predicted molar refractivity (Wildman–Crippen MR) is 61.7 cm³/mol. The van der Waals surface area contributed by atoms with E-state index in [1.54, 1.807) is 0 Å². The first-order valence-corrected chi connectivity index (χ1v) is 5.29. The largest absolute Gasteiger partial charge is 0.759 e. The molecule has 0 aliphatic rings. The van der Waals surface area contributed by atoms with Crippen LogP contribution in [-0.4, -0.2) is 24.1 Å². The van der Waals surface area contributed by atoms with Gasteiger partial charge in [0.05, 0.1) is 19.6 Å². The summed E-state index contributed by atoms with van der Waals surface area (Å²) in [4.78, 5) is 10.1. The SMILES string of the molecule is C[NH+](C)Cc1nc([S-])c2ccccc2n1. The Morgan fingerprint density at radius 3 is 2.67 bits per heavy atom. The Morgan fingerprint density at radius 1 is 1.20 bits per heavy atom. The Balaban J connectivity index is 2.52. The van der Waals surface area contributed by atoms with Gasteiger partial charge in [-0.15, -0.1) is 0 Å². The lowest BCUT2D eigenvalue weighted by Gasteiger charge is -2.12. The van der Waals surface area contributed by atoms with Gasteiger partial charge in [0, 0.05) is 0 Å². The molecule has 4 heteroatoms. The first-order chi connectivity index (χ1) is 7.16. The number of rotatable bonds is 2. The molecule has 0 saturated carbocycles. The van der Waals surface area contributed by atoms with Crippen LogP contribution in [0.15, 0.2) is 29.3 Å². The standard InChI is InChI=1S/C11H13N3S/c1-14(2)7-10-12-9-6-4-3-5-8(9)11(15)13-10/h3-6H,7H2,1-2H3,(H,12,13,15). The van der Waals surface area contributed by atoms with Crippen molar-refractivity contribution in [3.8, 4) is 0 Å². The van der Waals surface area contributed by atoms with E-state index in [2.05, 4.69) is 24.1 Å². The van der Waals surface area contributed by atoms with Gasteiger partial charge in [-0.3, -0.25) is 4.98 Å². The zero-order valence-electron chi connectivity index (χ0n) is 8.82. The number of nitrogens with one attached hydrogen (secondary N) is 1. The minimum Gasteiger partial charge on any atom is -0.759 e. The van der Waals surface area contributed by atoms with E-state index in [-0.39, 0.29) is 0 Å². The van der Waals surface area contributed by atoms with E-state index in [0.29, 0.717) is 5.03 Å². The summed E-state index contributed by atoms with van der Waals surface area (Å²) in [5.74, 6) is 0.818. The van der Waals surface area contributed by atoms with E-state index in [1.165, 1.54) is 4.90 Å². The smallest absolute Gasteiger partial charge is 0.182 e. The second-order valence-corrected chi connectivity index (χ2v) is 4.23. The van der Waals surface area contributed by atoms with Crippen molar-refractivity contribution in [1.82, 2.24) is 9.97 Å². The first-order valence-electron chi connectivity index (χ1n) is 4.88. The molecule has 3 nitrogen and oxygen atoms in total. The third-order valence-corrected chi connectivity index (χ3v) is 2.44. The second kappa shape index (κ2) is 4.08. The number of quaternary nitrogens is 1. The monoisotopic (exact) mass is 219 g/mol. The molecule has 2 aromatic rings. The summed E-state index contributed by atoms with van der Waals surface area (Å²) in [6, 6.07) is 7.86. The third kappa shape index (κ3) is 2.22. The van der Waals surface area contributed by atoms with Crippen LogP contribution in [0.2, 0.25) is 0 Å². The van der Waals surface area contributed by atoms with Gasteiger partial charge in [-0.1, -0.05) is 23.2 Å². The maximum absolute atomic E-state index is 5.23. The van der Waals surface area contributed by atoms with Gasteiger partial charge in [-0.05, 0) is 11.5 Å². The molecular weight excluding hydrogens is 206 g/mol. The molecule has 0 atom stereocenters. The van der Waals surface area contributed by atoms with Crippen molar-refractivity contribution < 1.29 is 4.90 Å². The highest BCUT2D eigenvalue weighted by atomic mass is 32.1. The van der Waals surface area contributed by atoms with E-state index in [9.17, 15) is 0 Å². The molecule has 1 N–H and O–H groups in total. The molecule has 0 bridgehead atoms. The zero-order valence-corrected chi connectivity index (χ0v) is 9.64. The molecule has 0 spiro atoms.